The Labute approximate surface area is 102 Å². The monoisotopic (exact) mass is 290 g/mol. The molecule has 3 nitrogen and oxygen atoms in total. The molecule has 0 radical (unpaired) electrons. The van der Waals surface area contributed by atoms with Gasteiger partial charge in [-0.3, -0.25) is 4.79 Å². The standard InChI is InChI=1S/C10H15BrN2OS/c1-2-3-9(12)10(14)13-5-8-4-7(11)6-15-8/h4,6,9H,2-3,5,12H2,1H3,(H,13,14). The topological polar surface area (TPSA) is 55.1 Å². The van der Waals surface area contributed by atoms with E-state index in [1.165, 1.54) is 0 Å². The van der Waals surface area contributed by atoms with Crippen LogP contribution in [0.15, 0.2) is 15.9 Å². The first-order chi connectivity index (χ1) is 7.13. The summed E-state index contributed by atoms with van der Waals surface area (Å²) in [4.78, 5) is 12.6. The molecule has 1 aromatic rings. The Balaban J connectivity index is 2.34. The number of carbonyl (C=O) groups excluding carboxylic acids is 1. The third kappa shape index (κ3) is 4.32. The van der Waals surface area contributed by atoms with Crippen molar-refractivity contribution in [2.24, 2.45) is 5.73 Å². The molecule has 1 aromatic heterocycles. The molecule has 15 heavy (non-hydrogen) atoms. The van der Waals surface area contributed by atoms with Crippen molar-refractivity contribution < 1.29 is 4.79 Å². The summed E-state index contributed by atoms with van der Waals surface area (Å²) >= 11 is 4.98. The van der Waals surface area contributed by atoms with E-state index in [4.69, 9.17) is 5.73 Å². The Hall–Kier alpha value is -0.390. The molecule has 0 saturated carbocycles. The van der Waals surface area contributed by atoms with Crippen LogP contribution in [0.1, 0.15) is 24.6 Å². The van der Waals surface area contributed by atoms with E-state index in [9.17, 15) is 4.79 Å². The Kier molecular flexibility index (Phi) is 5.28. The van der Waals surface area contributed by atoms with Gasteiger partial charge in [0.2, 0.25) is 5.91 Å². The maximum Gasteiger partial charge on any atom is 0.237 e. The first-order valence-electron chi connectivity index (χ1n) is 4.89. The quantitative estimate of drug-likeness (QED) is 0.874. The smallest absolute Gasteiger partial charge is 0.237 e. The van der Waals surface area contributed by atoms with Crippen LogP contribution in [-0.2, 0) is 11.3 Å². The van der Waals surface area contributed by atoms with Gasteiger partial charge in [0.25, 0.3) is 0 Å². The van der Waals surface area contributed by atoms with Crippen LogP contribution in [0.25, 0.3) is 0 Å². The molecule has 0 aliphatic rings. The fraction of sp³-hybridized carbons (Fsp3) is 0.500. The highest BCUT2D eigenvalue weighted by molar-refractivity contribution is 9.10. The van der Waals surface area contributed by atoms with Crippen LogP contribution in [0.2, 0.25) is 0 Å². The van der Waals surface area contributed by atoms with Gasteiger partial charge in [0.1, 0.15) is 0 Å². The van der Waals surface area contributed by atoms with E-state index in [1.54, 1.807) is 11.3 Å². The summed E-state index contributed by atoms with van der Waals surface area (Å²) in [6.45, 7) is 2.58. The highest BCUT2D eigenvalue weighted by atomic mass is 79.9. The van der Waals surface area contributed by atoms with Gasteiger partial charge in [-0.1, -0.05) is 13.3 Å². The minimum atomic E-state index is -0.376. The maximum absolute atomic E-state index is 11.5. The molecule has 3 N–H and O–H groups in total. The van der Waals surface area contributed by atoms with Gasteiger partial charge >= 0.3 is 0 Å². The Morgan fingerprint density at radius 2 is 2.47 bits per heavy atom. The minimum absolute atomic E-state index is 0.0682. The van der Waals surface area contributed by atoms with Gasteiger partial charge in [-0.25, -0.2) is 0 Å². The number of thiophene rings is 1. The lowest BCUT2D eigenvalue weighted by Gasteiger charge is -2.09. The highest BCUT2D eigenvalue weighted by Gasteiger charge is 2.11. The summed E-state index contributed by atoms with van der Waals surface area (Å²) in [5.41, 5.74) is 5.68. The molecular formula is C10H15BrN2OS. The molecule has 84 valence electrons. The van der Waals surface area contributed by atoms with Crippen LogP contribution in [0.3, 0.4) is 0 Å². The lowest BCUT2D eigenvalue weighted by atomic mass is 10.2. The Bertz CT molecular complexity index is 327. The van der Waals surface area contributed by atoms with Crippen molar-refractivity contribution in [1.29, 1.82) is 0 Å². The summed E-state index contributed by atoms with van der Waals surface area (Å²) in [6.07, 6.45) is 1.67. The lowest BCUT2D eigenvalue weighted by Crippen LogP contribution is -2.39. The molecule has 5 heteroatoms. The summed E-state index contributed by atoms with van der Waals surface area (Å²) in [6, 6.07) is 1.62. The van der Waals surface area contributed by atoms with Gasteiger partial charge in [-0.2, -0.15) is 0 Å². The third-order valence-electron chi connectivity index (χ3n) is 2.00. The molecule has 0 fully saturated rings. The summed E-state index contributed by atoms with van der Waals surface area (Å²) in [5.74, 6) is -0.0682. The number of nitrogens with one attached hydrogen (secondary N) is 1. The zero-order valence-electron chi connectivity index (χ0n) is 8.63. The molecule has 1 heterocycles. The number of nitrogens with two attached hydrogens (primary N) is 1. The van der Waals surface area contributed by atoms with Gasteiger partial charge in [0, 0.05) is 14.7 Å². The van der Waals surface area contributed by atoms with E-state index in [1.807, 2.05) is 18.4 Å². The predicted octanol–water partition coefficient (Wildman–Crippen LogP) is 2.25. The molecule has 0 saturated heterocycles. The number of amides is 1. The van der Waals surface area contributed by atoms with Crippen molar-refractivity contribution in [3.05, 3.63) is 20.8 Å². The average Bonchev–Trinajstić information content (AvgIpc) is 2.61. The Morgan fingerprint density at radius 3 is 3.00 bits per heavy atom. The molecule has 0 bridgehead atoms. The Morgan fingerprint density at radius 1 is 1.73 bits per heavy atom. The van der Waals surface area contributed by atoms with Gasteiger partial charge in [-0.15, -0.1) is 11.3 Å². The number of hydrogen-bond acceptors (Lipinski definition) is 3. The van der Waals surface area contributed by atoms with E-state index in [-0.39, 0.29) is 11.9 Å². The second-order valence-electron chi connectivity index (χ2n) is 3.34. The van der Waals surface area contributed by atoms with Gasteiger partial charge in [-0.05, 0) is 28.4 Å². The van der Waals surface area contributed by atoms with E-state index in [0.29, 0.717) is 6.54 Å². The number of halogens is 1. The zero-order valence-corrected chi connectivity index (χ0v) is 11.0. The molecule has 0 aliphatic heterocycles. The van der Waals surface area contributed by atoms with Gasteiger partial charge in [0.15, 0.2) is 0 Å². The van der Waals surface area contributed by atoms with E-state index in [0.717, 1.165) is 22.2 Å². The fourth-order valence-electron chi connectivity index (χ4n) is 1.19. The minimum Gasteiger partial charge on any atom is -0.350 e. The van der Waals surface area contributed by atoms with Crippen LogP contribution < -0.4 is 11.1 Å². The van der Waals surface area contributed by atoms with E-state index >= 15 is 0 Å². The SMILES string of the molecule is CCCC(N)C(=O)NCc1cc(Br)cs1. The van der Waals surface area contributed by atoms with Crippen molar-refractivity contribution in [2.45, 2.75) is 32.4 Å². The first kappa shape index (κ1) is 12.7. The molecule has 1 unspecified atom stereocenters. The van der Waals surface area contributed by atoms with Crippen LogP contribution in [-0.4, -0.2) is 11.9 Å². The molecule has 1 amide bonds. The summed E-state index contributed by atoms with van der Waals surface area (Å²) < 4.78 is 1.05. The molecule has 1 atom stereocenters. The molecule has 0 aromatic carbocycles. The van der Waals surface area contributed by atoms with E-state index in [2.05, 4.69) is 21.2 Å². The average molecular weight is 291 g/mol. The second-order valence-corrected chi connectivity index (χ2v) is 5.26. The number of rotatable bonds is 5. The number of hydrogen-bond donors (Lipinski definition) is 2. The zero-order chi connectivity index (χ0) is 11.3. The van der Waals surface area contributed by atoms with E-state index < -0.39 is 0 Å². The van der Waals surface area contributed by atoms with Crippen molar-refractivity contribution in [1.82, 2.24) is 5.32 Å². The predicted molar refractivity (Wildman–Crippen MR) is 66.7 cm³/mol. The first-order valence-corrected chi connectivity index (χ1v) is 6.57. The highest BCUT2D eigenvalue weighted by Crippen LogP contribution is 2.19. The third-order valence-corrected chi connectivity index (χ3v) is 3.69. The van der Waals surface area contributed by atoms with Crippen molar-refractivity contribution >= 4 is 33.2 Å². The van der Waals surface area contributed by atoms with Crippen LogP contribution in [0, 0.1) is 0 Å². The van der Waals surface area contributed by atoms with Crippen LogP contribution in [0.5, 0.6) is 0 Å². The summed E-state index contributed by atoms with van der Waals surface area (Å²) in [5, 5.41) is 4.82. The molecule has 0 spiro atoms. The normalized spacial score (nSPS) is 12.5. The molecular weight excluding hydrogens is 276 g/mol. The molecule has 0 aliphatic carbocycles. The van der Waals surface area contributed by atoms with Gasteiger partial charge < -0.3 is 11.1 Å². The van der Waals surface area contributed by atoms with Crippen molar-refractivity contribution in [2.75, 3.05) is 0 Å². The van der Waals surface area contributed by atoms with Crippen molar-refractivity contribution in [3.63, 3.8) is 0 Å². The lowest BCUT2D eigenvalue weighted by molar-refractivity contribution is -0.122. The molecule has 1 rings (SSSR count). The number of carbonyl (C=O) groups is 1. The maximum atomic E-state index is 11.5. The largest absolute Gasteiger partial charge is 0.350 e. The van der Waals surface area contributed by atoms with Crippen molar-refractivity contribution in [3.8, 4) is 0 Å². The fourth-order valence-corrected chi connectivity index (χ4v) is 2.58. The van der Waals surface area contributed by atoms with Crippen LogP contribution >= 0.6 is 27.3 Å². The van der Waals surface area contributed by atoms with Gasteiger partial charge in [0.05, 0.1) is 12.6 Å². The summed E-state index contributed by atoms with van der Waals surface area (Å²) in [7, 11) is 0. The second kappa shape index (κ2) is 6.25. The van der Waals surface area contributed by atoms with Crippen LogP contribution in [0.4, 0.5) is 0 Å².